The molecular formula is C29H44N4O3. The van der Waals surface area contributed by atoms with Crippen LogP contribution in [0.5, 0.6) is 11.5 Å². The molecule has 0 bridgehead atoms. The maximum Gasteiger partial charge on any atom is 0.211 e. The molecule has 1 amide bonds. The van der Waals surface area contributed by atoms with E-state index in [4.69, 9.17) is 9.47 Å². The first-order valence-corrected chi connectivity index (χ1v) is 13.2. The Morgan fingerprint density at radius 1 is 0.972 bits per heavy atom. The number of hydrogen-bond acceptors (Lipinski definition) is 6. The molecule has 1 aliphatic carbocycles. The number of carbonyl (C=O) groups is 1. The lowest BCUT2D eigenvalue weighted by Gasteiger charge is -2.43. The van der Waals surface area contributed by atoms with Crippen molar-refractivity contribution in [2.24, 2.45) is 0 Å². The average molecular weight is 497 g/mol. The molecule has 0 aromatic heterocycles. The van der Waals surface area contributed by atoms with Crippen molar-refractivity contribution in [3.8, 4) is 11.5 Å². The van der Waals surface area contributed by atoms with Gasteiger partial charge in [0.25, 0.3) is 0 Å². The van der Waals surface area contributed by atoms with Crippen LogP contribution >= 0.6 is 0 Å². The summed E-state index contributed by atoms with van der Waals surface area (Å²) < 4.78 is 11.0. The van der Waals surface area contributed by atoms with Crippen molar-refractivity contribution in [3.63, 3.8) is 0 Å². The Morgan fingerprint density at radius 3 is 2.28 bits per heavy atom. The van der Waals surface area contributed by atoms with Crippen molar-refractivity contribution >= 4 is 17.8 Å². The van der Waals surface area contributed by atoms with E-state index in [1.807, 2.05) is 25.1 Å². The van der Waals surface area contributed by atoms with Gasteiger partial charge in [0.1, 0.15) is 11.5 Å². The highest BCUT2D eigenvalue weighted by molar-refractivity contribution is 5.75. The van der Waals surface area contributed by atoms with Crippen molar-refractivity contribution < 1.29 is 14.3 Å². The summed E-state index contributed by atoms with van der Waals surface area (Å²) in [5, 5.41) is 6.00. The van der Waals surface area contributed by atoms with Crippen LogP contribution in [-0.2, 0) is 4.79 Å². The molecule has 2 aromatic rings. The molecular weight excluding hydrogens is 452 g/mol. The van der Waals surface area contributed by atoms with Gasteiger partial charge in [-0.3, -0.25) is 9.69 Å². The summed E-state index contributed by atoms with van der Waals surface area (Å²) in [6, 6.07) is 15.6. The van der Waals surface area contributed by atoms with E-state index in [1.54, 1.807) is 7.11 Å². The van der Waals surface area contributed by atoms with Gasteiger partial charge in [-0.15, -0.1) is 0 Å². The first-order valence-electron chi connectivity index (χ1n) is 13.2. The minimum Gasteiger partial charge on any atom is -0.495 e. The van der Waals surface area contributed by atoms with Crippen LogP contribution in [-0.4, -0.2) is 69.8 Å². The van der Waals surface area contributed by atoms with Gasteiger partial charge >= 0.3 is 0 Å². The zero-order valence-corrected chi connectivity index (χ0v) is 22.6. The molecule has 0 spiro atoms. The number of ether oxygens (including phenoxy) is 2. The average Bonchev–Trinajstić information content (AvgIpc) is 2.90. The molecule has 0 unspecified atom stereocenters. The summed E-state index contributed by atoms with van der Waals surface area (Å²) in [7, 11) is 3.67. The van der Waals surface area contributed by atoms with Crippen LogP contribution in [0.4, 0.5) is 11.4 Å². The summed E-state index contributed by atoms with van der Waals surface area (Å²) in [5.74, 6) is 1.70. The fourth-order valence-corrected chi connectivity index (χ4v) is 5.13. The fourth-order valence-electron chi connectivity index (χ4n) is 5.13. The lowest BCUT2D eigenvalue weighted by atomic mass is 9.90. The standard InChI is InChI=1S/C20H33N3O.C9H11NO2/c1-16(2)24-20-7-5-4-6-19(20)23-14-12-22(13-15-23)18-10-8-17(21-3)9-11-18;1-7-3-4-9(12-2)8(5-7)10-6-11/h4-7,16-18,21H,8-15H2,1-3H3;3-6H,1-2H3,(H,10,11). The van der Waals surface area contributed by atoms with Gasteiger partial charge in [0.15, 0.2) is 0 Å². The molecule has 1 aliphatic heterocycles. The van der Waals surface area contributed by atoms with Gasteiger partial charge in [-0.05, 0) is 83.3 Å². The number of rotatable bonds is 8. The predicted octanol–water partition coefficient (Wildman–Crippen LogP) is 4.70. The second kappa shape index (κ2) is 14.1. The number of piperazine rings is 1. The van der Waals surface area contributed by atoms with Gasteiger partial charge in [0.05, 0.1) is 24.6 Å². The number of carbonyl (C=O) groups excluding carboxylic acids is 1. The lowest BCUT2D eigenvalue weighted by molar-refractivity contribution is -0.105. The van der Waals surface area contributed by atoms with Crippen LogP contribution < -0.4 is 25.0 Å². The highest BCUT2D eigenvalue weighted by Crippen LogP contribution is 2.31. The molecule has 7 nitrogen and oxygen atoms in total. The Hall–Kier alpha value is -2.77. The molecule has 0 radical (unpaired) electrons. The second-order valence-corrected chi connectivity index (χ2v) is 9.92. The molecule has 36 heavy (non-hydrogen) atoms. The number of amides is 1. The molecule has 1 saturated heterocycles. The first-order chi connectivity index (χ1) is 17.4. The van der Waals surface area contributed by atoms with Crippen LogP contribution in [0.3, 0.4) is 0 Å². The largest absolute Gasteiger partial charge is 0.495 e. The van der Waals surface area contributed by atoms with Crippen molar-refractivity contribution in [1.29, 1.82) is 0 Å². The smallest absolute Gasteiger partial charge is 0.211 e. The Kier molecular flexibility index (Phi) is 10.9. The Bertz CT molecular complexity index is 936. The van der Waals surface area contributed by atoms with Crippen LogP contribution in [0, 0.1) is 6.92 Å². The molecule has 1 heterocycles. The van der Waals surface area contributed by atoms with E-state index in [9.17, 15) is 4.79 Å². The van der Waals surface area contributed by atoms with Crippen LogP contribution in [0.2, 0.25) is 0 Å². The Labute approximate surface area is 217 Å². The van der Waals surface area contributed by atoms with Gasteiger partial charge in [0, 0.05) is 38.3 Å². The third-order valence-corrected chi connectivity index (χ3v) is 7.07. The number of para-hydroxylation sites is 2. The molecule has 1 saturated carbocycles. The van der Waals surface area contributed by atoms with E-state index >= 15 is 0 Å². The molecule has 2 N–H and O–H groups in total. The third kappa shape index (κ3) is 7.87. The number of aryl methyl sites for hydroxylation is 1. The maximum atomic E-state index is 10.2. The third-order valence-electron chi connectivity index (χ3n) is 7.07. The minimum atomic E-state index is 0.217. The number of nitrogens with one attached hydrogen (secondary N) is 2. The number of nitrogens with zero attached hydrogens (tertiary/aromatic N) is 2. The number of methoxy groups -OCH3 is 1. The van der Waals surface area contributed by atoms with Crippen LogP contribution in [0.1, 0.15) is 45.1 Å². The lowest BCUT2D eigenvalue weighted by Crippen LogP contribution is -2.52. The molecule has 2 aliphatic rings. The van der Waals surface area contributed by atoms with Crippen LogP contribution in [0.15, 0.2) is 42.5 Å². The van der Waals surface area contributed by atoms with E-state index in [-0.39, 0.29) is 6.10 Å². The summed E-state index contributed by atoms with van der Waals surface area (Å²) in [4.78, 5) is 15.4. The zero-order chi connectivity index (χ0) is 25.9. The summed E-state index contributed by atoms with van der Waals surface area (Å²) in [6.45, 7) is 10.7. The quantitative estimate of drug-likeness (QED) is 0.517. The normalized spacial score (nSPS) is 20.3. The molecule has 0 atom stereocenters. The number of anilines is 2. The van der Waals surface area contributed by atoms with Crippen molar-refractivity contribution in [2.75, 3.05) is 50.6 Å². The van der Waals surface area contributed by atoms with E-state index < -0.39 is 0 Å². The van der Waals surface area contributed by atoms with E-state index in [0.717, 1.165) is 36.5 Å². The SMILES string of the molecule is CNC1CCC(N2CCN(c3ccccc3OC(C)C)CC2)CC1.COc1ccc(C)cc1NC=O. The molecule has 2 aromatic carbocycles. The highest BCUT2D eigenvalue weighted by Gasteiger charge is 2.28. The summed E-state index contributed by atoms with van der Waals surface area (Å²) in [5.41, 5.74) is 3.04. The van der Waals surface area contributed by atoms with E-state index in [2.05, 4.69) is 65.6 Å². The summed E-state index contributed by atoms with van der Waals surface area (Å²) >= 11 is 0. The fraction of sp³-hybridized carbons (Fsp3) is 0.552. The van der Waals surface area contributed by atoms with Gasteiger partial charge in [-0.25, -0.2) is 0 Å². The summed E-state index contributed by atoms with van der Waals surface area (Å²) in [6.07, 6.45) is 6.20. The Morgan fingerprint density at radius 2 is 1.67 bits per heavy atom. The van der Waals surface area contributed by atoms with Crippen molar-refractivity contribution in [3.05, 3.63) is 48.0 Å². The molecule has 2 fully saturated rings. The van der Waals surface area contributed by atoms with E-state index in [0.29, 0.717) is 17.8 Å². The molecule has 7 heteroatoms. The van der Waals surface area contributed by atoms with E-state index in [1.165, 1.54) is 44.5 Å². The van der Waals surface area contributed by atoms with Crippen molar-refractivity contribution in [1.82, 2.24) is 10.2 Å². The molecule has 198 valence electrons. The first kappa shape index (κ1) is 27.8. The topological polar surface area (TPSA) is 66.1 Å². The zero-order valence-electron chi connectivity index (χ0n) is 22.6. The molecule has 4 rings (SSSR count). The van der Waals surface area contributed by atoms with Gasteiger partial charge in [0.2, 0.25) is 6.41 Å². The monoisotopic (exact) mass is 496 g/mol. The second-order valence-electron chi connectivity index (χ2n) is 9.92. The van der Waals surface area contributed by atoms with Crippen molar-refractivity contribution in [2.45, 2.75) is 64.6 Å². The van der Waals surface area contributed by atoms with Gasteiger partial charge in [-0.1, -0.05) is 18.2 Å². The van der Waals surface area contributed by atoms with Crippen LogP contribution in [0.25, 0.3) is 0 Å². The highest BCUT2D eigenvalue weighted by atomic mass is 16.5. The number of benzene rings is 2. The van der Waals surface area contributed by atoms with Gasteiger partial charge in [-0.2, -0.15) is 0 Å². The predicted molar refractivity (Wildman–Crippen MR) is 149 cm³/mol. The minimum absolute atomic E-state index is 0.217. The van der Waals surface area contributed by atoms with Gasteiger partial charge < -0.3 is 25.0 Å². The number of hydrogen-bond donors (Lipinski definition) is 2. The maximum absolute atomic E-state index is 10.2. The Balaban J connectivity index is 0.000000253.